The van der Waals surface area contributed by atoms with E-state index in [0.717, 1.165) is 5.56 Å². The summed E-state index contributed by atoms with van der Waals surface area (Å²) in [4.78, 5) is 11.8. The van der Waals surface area contributed by atoms with Gasteiger partial charge in [0.15, 0.2) is 5.60 Å². The molecule has 1 amide bonds. The van der Waals surface area contributed by atoms with Gasteiger partial charge in [-0.15, -0.1) is 0 Å². The van der Waals surface area contributed by atoms with E-state index in [2.05, 4.69) is 5.32 Å². The maximum Gasteiger partial charge on any atom is 0.268 e. The number of nitrogens with one attached hydrogen (secondary N) is 1. The Bertz CT molecular complexity index is 529. The van der Waals surface area contributed by atoms with Crippen LogP contribution in [0.5, 0.6) is 5.75 Å². The molecule has 5 nitrogen and oxygen atoms in total. The molecule has 2 N–H and O–H groups in total. The molecule has 1 fully saturated rings. The van der Waals surface area contributed by atoms with Crippen LogP contribution in [0.1, 0.15) is 19.4 Å². The predicted molar refractivity (Wildman–Crippen MR) is 69.4 cm³/mol. The van der Waals surface area contributed by atoms with Crippen LogP contribution in [0.4, 0.5) is 5.69 Å². The van der Waals surface area contributed by atoms with Gasteiger partial charge < -0.3 is 19.9 Å². The third-order valence-electron chi connectivity index (χ3n) is 3.81. The van der Waals surface area contributed by atoms with Crippen molar-refractivity contribution in [2.75, 3.05) is 25.1 Å². The predicted octanol–water partition coefficient (Wildman–Crippen LogP) is 1.06. The number of rotatable bonds is 2. The van der Waals surface area contributed by atoms with Crippen molar-refractivity contribution in [1.82, 2.24) is 0 Å². The van der Waals surface area contributed by atoms with Crippen molar-refractivity contribution in [2.45, 2.75) is 24.9 Å². The molecule has 5 heteroatoms. The van der Waals surface area contributed by atoms with Crippen LogP contribution in [-0.2, 0) is 14.9 Å². The summed E-state index contributed by atoms with van der Waals surface area (Å²) in [6.45, 7) is 4.52. The van der Waals surface area contributed by atoms with Crippen molar-refractivity contribution in [3.63, 3.8) is 0 Å². The number of carbonyl (C=O) groups is 1. The highest BCUT2D eigenvalue weighted by molar-refractivity contribution is 6.00. The molecule has 2 aliphatic heterocycles. The summed E-state index contributed by atoms with van der Waals surface area (Å²) in [7, 11) is 0. The zero-order valence-corrected chi connectivity index (χ0v) is 11.0. The molecule has 1 saturated heterocycles. The molecule has 0 radical (unpaired) electrons. The Morgan fingerprint density at radius 3 is 2.68 bits per heavy atom. The molecule has 0 atom stereocenters. The molecule has 0 saturated carbocycles. The van der Waals surface area contributed by atoms with E-state index in [1.54, 1.807) is 13.8 Å². The molecular formula is C14H17NO4. The van der Waals surface area contributed by atoms with Crippen molar-refractivity contribution in [2.24, 2.45) is 0 Å². The van der Waals surface area contributed by atoms with E-state index in [-0.39, 0.29) is 17.9 Å². The van der Waals surface area contributed by atoms with E-state index in [9.17, 15) is 9.90 Å². The third-order valence-corrected chi connectivity index (χ3v) is 3.81. The number of anilines is 1. The quantitative estimate of drug-likeness (QED) is 0.837. The topological polar surface area (TPSA) is 67.8 Å². The number of benzene rings is 1. The fourth-order valence-electron chi connectivity index (χ4n) is 2.33. The van der Waals surface area contributed by atoms with Gasteiger partial charge in [-0.05, 0) is 31.5 Å². The van der Waals surface area contributed by atoms with Gasteiger partial charge in [0.25, 0.3) is 5.91 Å². The van der Waals surface area contributed by atoms with Crippen molar-refractivity contribution in [3.05, 3.63) is 23.8 Å². The highest BCUT2D eigenvalue weighted by Crippen LogP contribution is 2.39. The first-order valence-corrected chi connectivity index (χ1v) is 6.30. The zero-order chi connectivity index (χ0) is 13.7. The summed E-state index contributed by atoms with van der Waals surface area (Å²) in [6, 6.07) is 5.60. The van der Waals surface area contributed by atoms with E-state index < -0.39 is 5.60 Å². The first-order valence-electron chi connectivity index (χ1n) is 6.30. The van der Waals surface area contributed by atoms with E-state index in [0.29, 0.717) is 24.7 Å². The first kappa shape index (κ1) is 12.4. The first-order chi connectivity index (χ1) is 8.97. The van der Waals surface area contributed by atoms with E-state index in [4.69, 9.17) is 9.47 Å². The lowest BCUT2D eigenvalue weighted by atomic mass is 9.79. The molecule has 0 aliphatic carbocycles. The van der Waals surface area contributed by atoms with Crippen LogP contribution in [0, 0.1) is 0 Å². The van der Waals surface area contributed by atoms with Crippen LogP contribution in [0.2, 0.25) is 0 Å². The molecule has 0 bridgehead atoms. The third kappa shape index (κ3) is 1.81. The molecule has 0 spiro atoms. The Labute approximate surface area is 111 Å². The monoisotopic (exact) mass is 263 g/mol. The molecule has 19 heavy (non-hydrogen) atoms. The van der Waals surface area contributed by atoms with Gasteiger partial charge in [-0.3, -0.25) is 4.79 Å². The normalized spacial score (nSPS) is 22.8. The van der Waals surface area contributed by atoms with Crippen LogP contribution in [-0.4, -0.2) is 36.4 Å². The van der Waals surface area contributed by atoms with Gasteiger partial charge in [0.1, 0.15) is 5.75 Å². The highest BCUT2D eigenvalue weighted by atomic mass is 16.5. The second kappa shape index (κ2) is 3.95. The second-order valence-electron chi connectivity index (χ2n) is 5.71. The zero-order valence-electron chi connectivity index (χ0n) is 11.0. The molecule has 1 aromatic rings. The van der Waals surface area contributed by atoms with E-state index >= 15 is 0 Å². The van der Waals surface area contributed by atoms with Crippen molar-refractivity contribution in [3.8, 4) is 5.75 Å². The number of hydrogen-bond donors (Lipinski definition) is 2. The Morgan fingerprint density at radius 1 is 1.37 bits per heavy atom. The number of fused-ring (bicyclic) bond motifs is 1. The number of ether oxygens (including phenoxy) is 2. The molecular weight excluding hydrogens is 246 g/mol. The molecule has 102 valence electrons. The number of hydrogen-bond acceptors (Lipinski definition) is 4. The van der Waals surface area contributed by atoms with Crippen LogP contribution >= 0.6 is 0 Å². The Hall–Kier alpha value is -1.59. The summed E-state index contributed by atoms with van der Waals surface area (Å²) in [5, 5.41) is 12.4. The lowest BCUT2D eigenvalue weighted by Gasteiger charge is -2.41. The lowest BCUT2D eigenvalue weighted by molar-refractivity contribution is -0.129. The van der Waals surface area contributed by atoms with Gasteiger partial charge >= 0.3 is 0 Å². The van der Waals surface area contributed by atoms with E-state index in [1.807, 2.05) is 18.2 Å². The molecule has 0 unspecified atom stereocenters. The van der Waals surface area contributed by atoms with Crippen LogP contribution < -0.4 is 10.1 Å². The summed E-state index contributed by atoms with van der Waals surface area (Å²) in [6.07, 6.45) is 0. The Kier molecular flexibility index (Phi) is 2.59. The average Bonchev–Trinajstić information content (AvgIpc) is 2.30. The van der Waals surface area contributed by atoms with Crippen LogP contribution in [0.3, 0.4) is 0 Å². The fourth-order valence-corrected chi connectivity index (χ4v) is 2.33. The number of aliphatic hydroxyl groups is 1. The van der Waals surface area contributed by atoms with Gasteiger partial charge in [-0.1, -0.05) is 6.07 Å². The van der Waals surface area contributed by atoms with Gasteiger partial charge in [-0.2, -0.15) is 0 Å². The minimum atomic E-state index is -0.881. The average molecular weight is 263 g/mol. The second-order valence-corrected chi connectivity index (χ2v) is 5.71. The van der Waals surface area contributed by atoms with Gasteiger partial charge in [-0.25, -0.2) is 0 Å². The molecule has 3 rings (SSSR count). The fraction of sp³-hybridized carbons (Fsp3) is 0.500. The Morgan fingerprint density at radius 2 is 2.11 bits per heavy atom. The summed E-state index contributed by atoms with van der Waals surface area (Å²) >= 11 is 0. The van der Waals surface area contributed by atoms with Gasteiger partial charge in [0, 0.05) is 0 Å². The van der Waals surface area contributed by atoms with Crippen molar-refractivity contribution in [1.29, 1.82) is 0 Å². The molecule has 0 aromatic heterocycles. The standard InChI is InChI=1S/C14H17NO4/c1-13(2)12(17)15-10-4-3-9(5-11(10)19-13)14(6-16)7-18-8-14/h3-5,16H,6-8H2,1-2H3,(H,15,17). The molecule has 2 heterocycles. The van der Waals surface area contributed by atoms with Crippen molar-refractivity contribution < 1.29 is 19.4 Å². The SMILES string of the molecule is CC1(C)Oc2cc(C3(CO)COC3)ccc2NC1=O. The maximum atomic E-state index is 11.8. The lowest BCUT2D eigenvalue weighted by Crippen LogP contribution is -2.50. The van der Waals surface area contributed by atoms with Gasteiger partial charge in [0.2, 0.25) is 0 Å². The number of amides is 1. The minimum absolute atomic E-state index is 0.0432. The number of aliphatic hydroxyl groups excluding tert-OH is 1. The number of carbonyl (C=O) groups excluding carboxylic acids is 1. The molecule has 1 aromatic carbocycles. The Balaban J connectivity index is 1.99. The van der Waals surface area contributed by atoms with Crippen molar-refractivity contribution >= 4 is 11.6 Å². The largest absolute Gasteiger partial charge is 0.476 e. The summed E-state index contributed by atoms with van der Waals surface area (Å²) in [5.41, 5.74) is 0.436. The smallest absolute Gasteiger partial charge is 0.268 e. The summed E-state index contributed by atoms with van der Waals surface area (Å²) in [5.74, 6) is 0.485. The van der Waals surface area contributed by atoms with Gasteiger partial charge in [0.05, 0.1) is 30.9 Å². The minimum Gasteiger partial charge on any atom is -0.476 e. The van der Waals surface area contributed by atoms with Crippen LogP contribution in [0.15, 0.2) is 18.2 Å². The highest BCUT2D eigenvalue weighted by Gasteiger charge is 2.41. The van der Waals surface area contributed by atoms with E-state index in [1.165, 1.54) is 0 Å². The van der Waals surface area contributed by atoms with Crippen LogP contribution in [0.25, 0.3) is 0 Å². The molecule has 2 aliphatic rings. The summed E-state index contributed by atoms with van der Waals surface area (Å²) < 4.78 is 11.0. The maximum absolute atomic E-state index is 11.8.